The maximum Gasteiger partial charge on any atom is 0.236 e. The van der Waals surface area contributed by atoms with E-state index >= 15 is 0 Å². The molecule has 0 atom stereocenters. The number of amides is 1. The average molecular weight is 418 g/mol. The van der Waals surface area contributed by atoms with Gasteiger partial charge in [-0.2, -0.15) is 0 Å². The van der Waals surface area contributed by atoms with Gasteiger partial charge in [0, 0.05) is 38.3 Å². The fourth-order valence-electron chi connectivity index (χ4n) is 4.04. The molecule has 1 fully saturated rings. The molecule has 4 nitrogen and oxygen atoms in total. The predicted molar refractivity (Wildman–Crippen MR) is 121 cm³/mol. The molecule has 0 spiro atoms. The highest BCUT2D eigenvalue weighted by molar-refractivity contribution is 5.78. The van der Waals surface area contributed by atoms with Crippen LogP contribution in [0.1, 0.15) is 22.7 Å². The smallest absolute Gasteiger partial charge is 0.236 e. The number of nitrogens with zero attached hydrogens (tertiary/aromatic N) is 2. The Morgan fingerprint density at radius 2 is 1.35 bits per heavy atom. The molecule has 1 amide bonds. The van der Waals surface area contributed by atoms with E-state index in [4.69, 9.17) is 0 Å². The molecule has 0 bridgehead atoms. The van der Waals surface area contributed by atoms with E-state index in [0.29, 0.717) is 25.2 Å². The van der Waals surface area contributed by atoms with Crippen LogP contribution in [0.3, 0.4) is 0 Å². The Morgan fingerprint density at radius 3 is 1.94 bits per heavy atom. The molecular formula is C26H28FN3O. The number of nitrogens with one attached hydrogen (secondary N) is 1. The largest absolute Gasteiger partial charge is 0.339 e. The van der Waals surface area contributed by atoms with Crippen molar-refractivity contribution in [3.05, 3.63) is 107 Å². The van der Waals surface area contributed by atoms with Gasteiger partial charge in [0.15, 0.2) is 0 Å². The van der Waals surface area contributed by atoms with Crippen molar-refractivity contribution in [3.8, 4) is 0 Å². The van der Waals surface area contributed by atoms with Gasteiger partial charge in [-0.1, -0.05) is 78.9 Å². The molecule has 1 saturated heterocycles. The zero-order valence-electron chi connectivity index (χ0n) is 17.6. The fourth-order valence-corrected chi connectivity index (χ4v) is 4.04. The Labute approximate surface area is 183 Å². The second-order valence-corrected chi connectivity index (χ2v) is 7.88. The van der Waals surface area contributed by atoms with Gasteiger partial charge in [-0.15, -0.1) is 0 Å². The number of hydrogen-bond acceptors (Lipinski definition) is 3. The van der Waals surface area contributed by atoms with Gasteiger partial charge < -0.3 is 4.90 Å². The van der Waals surface area contributed by atoms with E-state index in [-0.39, 0.29) is 24.3 Å². The highest BCUT2D eigenvalue weighted by Gasteiger charge is 2.23. The molecule has 3 aromatic rings. The number of hydrogen-bond donors (Lipinski definition) is 1. The van der Waals surface area contributed by atoms with Crippen molar-refractivity contribution in [3.63, 3.8) is 0 Å². The van der Waals surface area contributed by atoms with Crippen molar-refractivity contribution >= 4 is 5.91 Å². The molecule has 3 aromatic carbocycles. The van der Waals surface area contributed by atoms with Crippen molar-refractivity contribution in [2.45, 2.75) is 12.6 Å². The minimum absolute atomic E-state index is 0.0336. The second-order valence-electron chi connectivity index (χ2n) is 7.88. The molecule has 1 aliphatic rings. The number of carbonyl (C=O) groups is 1. The number of benzene rings is 3. The normalized spacial score (nSPS) is 14.7. The molecule has 1 aliphatic heterocycles. The average Bonchev–Trinajstić information content (AvgIpc) is 2.82. The molecule has 0 unspecified atom stereocenters. The first-order valence-electron chi connectivity index (χ1n) is 10.8. The maximum absolute atomic E-state index is 13.9. The second kappa shape index (κ2) is 10.3. The summed E-state index contributed by atoms with van der Waals surface area (Å²) in [6, 6.07) is 27.2. The monoisotopic (exact) mass is 417 g/mol. The molecular weight excluding hydrogens is 389 g/mol. The van der Waals surface area contributed by atoms with Crippen molar-refractivity contribution in [2.75, 3.05) is 32.7 Å². The van der Waals surface area contributed by atoms with E-state index in [9.17, 15) is 9.18 Å². The minimum atomic E-state index is -0.168. The van der Waals surface area contributed by atoms with E-state index in [1.807, 2.05) is 53.4 Å². The topological polar surface area (TPSA) is 35.6 Å². The Hall–Kier alpha value is -3.02. The SMILES string of the molecule is O=C(CNC(c1ccccc1)c1ccccc1)N1CCN(Cc2ccccc2F)CC1. The summed E-state index contributed by atoms with van der Waals surface area (Å²) in [5.41, 5.74) is 2.98. The van der Waals surface area contributed by atoms with Crippen LogP contribution in [0.2, 0.25) is 0 Å². The van der Waals surface area contributed by atoms with Gasteiger partial charge in [-0.05, 0) is 17.2 Å². The molecule has 4 rings (SSSR count). The van der Waals surface area contributed by atoms with Gasteiger partial charge in [0.25, 0.3) is 0 Å². The summed E-state index contributed by atoms with van der Waals surface area (Å²) in [5, 5.41) is 3.45. The van der Waals surface area contributed by atoms with Crippen molar-refractivity contribution < 1.29 is 9.18 Å². The van der Waals surface area contributed by atoms with Gasteiger partial charge in [0.2, 0.25) is 5.91 Å². The maximum atomic E-state index is 13.9. The lowest BCUT2D eigenvalue weighted by molar-refractivity contribution is -0.132. The van der Waals surface area contributed by atoms with Crippen molar-refractivity contribution in [2.24, 2.45) is 0 Å². The molecule has 5 heteroatoms. The summed E-state index contributed by atoms with van der Waals surface area (Å²) >= 11 is 0. The minimum Gasteiger partial charge on any atom is -0.339 e. The van der Waals surface area contributed by atoms with Crippen LogP contribution < -0.4 is 5.32 Å². The van der Waals surface area contributed by atoms with Crippen LogP contribution in [0.5, 0.6) is 0 Å². The van der Waals surface area contributed by atoms with Crippen LogP contribution in [0.15, 0.2) is 84.9 Å². The van der Waals surface area contributed by atoms with Gasteiger partial charge in [-0.25, -0.2) is 4.39 Å². The number of carbonyl (C=O) groups excluding carboxylic acids is 1. The summed E-state index contributed by atoms with van der Waals surface area (Å²) in [6.07, 6.45) is 0. The summed E-state index contributed by atoms with van der Waals surface area (Å²) in [4.78, 5) is 17.0. The Kier molecular flexibility index (Phi) is 7.07. The van der Waals surface area contributed by atoms with E-state index in [1.54, 1.807) is 6.07 Å². The molecule has 1 N–H and O–H groups in total. The number of piperazine rings is 1. The van der Waals surface area contributed by atoms with Gasteiger partial charge >= 0.3 is 0 Å². The van der Waals surface area contributed by atoms with Crippen LogP contribution in [0.4, 0.5) is 4.39 Å². The summed E-state index contributed by atoms with van der Waals surface area (Å²) < 4.78 is 13.9. The van der Waals surface area contributed by atoms with E-state index < -0.39 is 0 Å². The first-order valence-corrected chi connectivity index (χ1v) is 10.8. The van der Waals surface area contributed by atoms with Crippen LogP contribution in [-0.4, -0.2) is 48.4 Å². The van der Waals surface area contributed by atoms with E-state index in [1.165, 1.54) is 6.07 Å². The summed E-state index contributed by atoms with van der Waals surface area (Å²) in [5.74, 6) is -0.0690. The van der Waals surface area contributed by atoms with Gasteiger partial charge in [0.05, 0.1) is 12.6 Å². The summed E-state index contributed by atoms with van der Waals surface area (Å²) in [6.45, 7) is 3.69. The molecule has 0 aliphatic carbocycles. The summed E-state index contributed by atoms with van der Waals surface area (Å²) in [7, 11) is 0. The Morgan fingerprint density at radius 1 is 0.806 bits per heavy atom. The fraction of sp³-hybridized carbons (Fsp3) is 0.269. The van der Waals surface area contributed by atoms with E-state index in [0.717, 1.165) is 24.2 Å². The van der Waals surface area contributed by atoms with Crippen LogP contribution in [-0.2, 0) is 11.3 Å². The standard InChI is InChI=1S/C26H28FN3O/c27-24-14-8-7-13-23(24)20-29-15-17-30(18-16-29)25(31)19-28-26(21-9-3-1-4-10-21)22-11-5-2-6-12-22/h1-14,26,28H,15-20H2. The highest BCUT2D eigenvalue weighted by atomic mass is 19.1. The third-order valence-corrected chi connectivity index (χ3v) is 5.80. The molecule has 31 heavy (non-hydrogen) atoms. The molecule has 0 saturated carbocycles. The van der Waals surface area contributed by atoms with Gasteiger partial charge in [0.1, 0.15) is 5.82 Å². The zero-order chi connectivity index (χ0) is 21.5. The zero-order valence-corrected chi connectivity index (χ0v) is 17.6. The third-order valence-electron chi connectivity index (χ3n) is 5.80. The lowest BCUT2D eigenvalue weighted by atomic mass is 9.99. The number of rotatable bonds is 7. The number of halogens is 1. The molecule has 0 radical (unpaired) electrons. The molecule has 0 aromatic heterocycles. The van der Waals surface area contributed by atoms with Gasteiger partial charge in [-0.3, -0.25) is 15.0 Å². The van der Waals surface area contributed by atoms with Crippen molar-refractivity contribution in [1.82, 2.24) is 15.1 Å². The Balaban J connectivity index is 1.32. The highest BCUT2D eigenvalue weighted by Crippen LogP contribution is 2.21. The van der Waals surface area contributed by atoms with Crippen LogP contribution >= 0.6 is 0 Å². The molecule has 1 heterocycles. The molecule has 160 valence electrons. The first kappa shape index (κ1) is 21.2. The quantitative estimate of drug-likeness (QED) is 0.634. The lowest BCUT2D eigenvalue weighted by Crippen LogP contribution is -2.50. The Bertz CT molecular complexity index is 933. The first-order chi connectivity index (χ1) is 15.2. The lowest BCUT2D eigenvalue weighted by Gasteiger charge is -2.35. The van der Waals surface area contributed by atoms with Crippen LogP contribution in [0.25, 0.3) is 0 Å². The predicted octanol–water partition coefficient (Wildman–Crippen LogP) is 3.85. The van der Waals surface area contributed by atoms with Crippen LogP contribution in [0, 0.1) is 5.82 Å². The van der Waals surface area contributed by atoms with Crippen molar-refractivity contribution in [1.29, 1.82) is 0 Å². The van der Waals surface area contributed by atoms with E-state index in [2.05, 4.69) is 34.5 Å². The third kappa shape index (κ3) is 5.57.